The van der Waals surface area contributed by atoms with Gasteiger partial charge >= 0.3 is 11.9 Å². The summed E-state index contributed by atoms with van der Waals surface area (Å²) in [6.07, 6.45) is -0.0732. The molecule has 0 aliphatic carbocycles. The van der Waals surface area contributed by atoms with Crippen LogP contribution in [0.3, 0.4) is 0 Å². The molecule has 0 saturated heterocycles. The molecule has 1 aromatic carbocycles. The Morgan fingerprint density at radius 3 is 2.25 bits per heavy atom. The van der Waals surface area contributed by atoms with Crippen LogP contribution in [0, 0.1) is 12.8 Å². The van der Waals surface area contributed by atoms with E-state index in [4.69, 9.17) is 14.7 Å². The molecule has 7 nitrogen and oxygen atoms in total. The van der Waals surface area contributed by atoms with Crippen molar-refractivity contribution in [2.45, 2.75) is 13.3 Å². The number of aromatic nitrogens is 2. The van der Waals surface area contributed by atoms with E-state index in [0.29, 0.717) is 22.8 Å². The first-order chi connectivity index (χ1) is 9.47. The van der Waals surface area contributed by atoms with Crippen molar-refractivity contribution in [3.63, 3.8) is 0 Å². The summed E-state index contributed by atoms with van der Waals surface area (Å²) in [6, 6.07) is 6.70. The molecule has 0 amide bonds. The molecular weight excluding hydrogens is 264 g/mol. The molecule has 104 valence electrons. The third-order valence-electron chi connectivity index (χ3n) is 2.78. The van der Waals surface area contributed by atoms with Gasteiger partial charge in [-0.3, -0.25) is 9.59 Å². The predicted molar refractivity (Wildman–Crippen MR) is 66.9 cm³/mol. The van der Waals surface area contributed by atoms with Crippen LogP contribution in [0.15, 0.2) is 28.8 Å². The molecule has 2 N–H and O–H groups in total. The van der Waals surface area contributed by atoms with Crippen molar-refractivity contribution in [1.82, 2.24) is 10.1 Å². The highest BCUT2D eigenvalue weighted by molar-refractivity contribution is 5.93. The fourth-order valence-corrected chi connectivity index (χ4v) is 1.72. The number of hydrogen-bond acceptors (Lipinski definition) is 5. The van der Waals surface area contributed by atoms with Crippen LogP contribution in [-0.4, -0.2) is 32.3 Å². The van der Waals surface area contributed by atoms with Crippen LogP contribution < -0.4 is 0 Å². The lowest BCUT2D eigenvalue weighted by molar-refractivity contribution is -0.154. The minimum absolute atomic E-state index is 0.0732. The van der Waals surface area contributed by atoms with Gasteiger partial charge < -0.3 is 14.7 Å². The van der Waals surface area contributed by atoms with Gasteiger partial charge in [0, 0.05) is 12.5 Å². The summed E-state index contributed by atoms with van der Waals surface area (Å²) in [5.74, 6) is -3.28. The van der Waals surface area contributed by atoms with Crippen molar-refractivity contribution < 1.29 is 24.3 Å². The first-order valence-electron chi connectivity index (χ1n) is 5.82. The zero-order valence-electron chi connectivity index (χ0n) is 10.6. The van der Waals surface area contributed by atoms with E-state index >= 15 is 0 Å². The molecule has 0 saturated carbocycles. The fraction of sp³-hybridized carbons (Fsp3) is 0.231. The quantitative estimate of drug-likeness (QED) is 0.793. The molecule has 1 aromatic heterocycles. The van der Waals surface area contributed by atoms with Crippen molar-refractivity contribution in [3.05, 3.63) is 35.7 Å². The number of rotatable bonds is 5. The van der Waals surface area contributed by atoms with E-state index in [1.54, 1.807) is 31.2 Å². The van der Waals surface area contributed by atoms with Crippen LogP contribution in [-0.2, 0) is 16.0 Å². The van der Waals surface area contributed by atoms with E-state index < -0.39 is 17.9 Å². The molecule has 0 fully saturated rings. The van der Waals surface area contributed by atoms with E-state index in [2.05, 4.69) is 10.1 Å². The molecule has 2 aromatic rings. The molecular formula is C13H12N2O5. The van der Waals surface area contributed by atoms with Crippen LogP contribution >= 0.6 is 0 Å². The monoisotopic (exact) mass is 276 g/mol. The maximum Gasteiger partial charge on any atom is 0.318 e. The fourth-order valence-electron chi connectivity index (χ4n) is 1.72. The molecule has 2 rings (SSSR count). The van der Waals surface area contributed by atoms with Gasteiger partial charge in [-0.05, 0) is 12.0 Å². The van der Waals surface area contributed by atoms with E-state index in [9.17, 15) is 9.59 Å². The van der Waals surface area contributed by atoms with Crippen LogP contribution in [0.2, 0.25) is 0 Å². The first kappa shape index (κ1) is 13.7. The second kappa shape index (κ2) is 5.52. The zero-order chi connectivity index (χ0) is 14.7. The summed E-state index contributed by atoms with van der Waals surface area (Å²) >= 11 is 0. The maximum absolute atomic E-state index is 10.8. The van der Waals surface area contributed by atoms with Gasteiger partial charge in [-0.2, -0.15) is 4.98 Å². The molecule has 0 radical (unpaired) electrons. The van der Waals surface area contributed by atoms with Gasteiger partial charge in [0.05, 0.1) is 0 Å². The molecule has 0 bridgehead atoms. The average molecular weight is 276 g/mol. The van der Waals surface area contributed by atoms with Crippen molar-refractivity contribution in [2.75, 3.05) is 0 Å². The SMILES string of the molecule is Cc1nc(-c2ccc(CC(C(=O)O)C(=O)O)cc2)no1. The predicted octanol–water partition coefficient (Wildman–Crippen LogP) is 1.37. The number of nitrogens with zero attached hydrogens (tertiary/aromatic N) is 2. The molecule has 0 atom stereocenters. The lowest BCUT2D eigenvalue weighted by Gasteiger charge is -2.07. The average Bonchev–Trinajstić information content (AvgIpc) is 2.82. The highest BCUT2D eigenvalue weighted by Gasteiger charge is 2.25. The molecule has 0 aliphatic heterocycles. The molecule has 0 unspecified atom stereocenters. The van der Waals surface area contributed by atoms with Gasteiger partial charge in [-0.25, -0.2) is 0 Å². The largest absolute Gasteiger partial charge is 0.481 e. The standard InChI is InChI=1S/C13H12N2O5/c1-7-14-11(15-20-7)9-4-2-8(3-5-9)6-10(12(16)17)13(18)19/h2-5,10H,6H2,1H3,(H,16,17)(H,18,19). The summed E-state index contributed by atoms with van der Waals surface area (Å²) in [5, 5.41) is 21.4. The minimum atomic E-state index is -1.45. The first-order valence-corrected chi connectivity index (χ1v) is 5.82. The van der Waals surface area contributed by atoms with Crippen molar-refractivity contribution in [3.8, 4) is 11.4 Å². The number of carbonyl (C=O) groups is 2. The van der Waals surface area contributed by atoms with E-state index in [0.717, 1.165) is 0 Å². The smallest absolute Gasteiger partial charge is 0.318 e. The van der Waals surface area contributed by atoms with Crippen molar-refractivity contribution in [2.24, 2.45) is 5.92 Å². The van der Waals surface area contributed by atoms with Gasteiger partial charge in [0.15, 0.2) is 5.92 Å². The highest BCUT2D eigenvalue weighted by atomic mass is 16.5. The zero-order valence-corrected chi connectivity index (χ0v) is 10.6. The summed E-state index contributed by atoms with van der Waals surface area (Å²) in [5.41, 5.74) is 1.33. The maximum atomic E-state index is 10.8. The van der Waals surface area contributed by atoms with Crippen LogP contribution in [0.5, 0.6) is 0 Å². The molecule has 7 heteroatoms. The Hall–Kier alpha value is -2.70. The third-order valence-corrected chi connectivity index (χ3v) is 2.78. The number of aliphatic carboxylic acids is 2. The van der Waals surface area contributed by atoms with Crippen molar-refractivity contribution >= 4 is 11.9 Å². The Labute approximate surface area is 113 Å². The second-order valence-electron chi connectivity index (χ2n) is 4.27. The normalized spacial score (nSPS) is 10.7. The van der Waals surface area contributed by atoms with E-state index in [1.165, 1.54) is 0 Å². The summed E-state index contributed by atoms with van der Waals surface area (Å²) in [4.78, 5) is 25.7. The highest BCUT2D eigenvalue weighted by Crippen LogP contribution is 2.18. The molecule has 0 aliphatic rings. The number of carboxylic acid groups (broad SMARTS) is 2. The topological polar surface area (TPSA) is 114 Å². The number of hydrogen-bond donors (Lipinski definition) is 2. The van der Waals surface area contributed by atoms with Gasteiger partial charge in [0.1, 0.15) is 0 Å². The lowest BCUT2D eigenvalue weighted by Crippen LogP contribution is -2.25. The molecule has 1 heterocycles. The molecule has 0 spiro atoms. The summed E-state index contributed by atoms with van der Waals surface area (Å²) < 4.78 is 4.86. The van der Waals surface area contributed by atoms with Crippen molar-refractivity contribution in [1.29, 1.82) is 0 Å². The van der Waals surface area contributed by atoms with E-state index in [1.807, 2.05) is 0 Å². The Bertz CT molecular complexity index is 618. The van der Waals surface area contributed by atoms with Crippen LogP contribution in [0.1, 0.15) is 11.5 Å². The minimum Gasteiger partial charge on any atom is -0.481 e. The Kier molecular flexibility index (Phi) is 3.79. The summed E-state index contributed by atoms with van der Waals surface area (Å²) in [7, 11) is 0. The van der Waals surface area contributed by atoms with Gasteiger partial charge in [-0.15, -0.1) is 0 Å². The van der Waals surface area contributed by atoms with Crippen LogP contribution in [0.4, 0.5) is 0 Å². The summed E-state index contributed by atoms with van der Waals surface area (Å²) in [6.45, 7) is 1.68. The Balaban J connectivity index is 2.16. The second-order valence-corrected chi connectivity index (χ2v) is 4.27. The number of benzene rings is 1. The molecule has 20 heavy (non-hydrogen) atoms. The number of aryl methyl sites for hydroxylation is 1. The van der Waals surface area contributed by atoms with Gasteiger partial charge in [-0.1, -0.05) is 29.4 Å². The third kappa shape index (κ3) is 3.00. The van der Waals surface area contributed by atoms with Crippen LogP contribution in [0.25, 0.3) is 11.4 Å². The van der Waals surface area contributed by atoms with Gasteiger partial charge in [0.2, 0.25) is 11.7 Å². The Morgan fingerprint density at radius 1 is 1.20 bits per heavy atom. The van der Waals surface area contributed by atoms with Gasteiger partial charge in [0.25, 0.3) is 0 Å². The van der Waals surface area contributed by atoms with E-state index in [-0.39, 0.29) is 6.42 Å². The number of carboxylic acids is 2. The Morgan fingerprint density at radius 2 is 1.80 bits per heavy atom. The lowest BCUT2D eigenvalue weighted by atomic mass is 9.98.